The van der Waals surface area contributed by atoms with Gasteiger partial charge in [0, 0.05) is 0 Å². The second-order valence-electron chi connectivity index (χ2n) is 5.35. The van der Waals surface area contributed by atoms with Gasteiger partial charge in [-0.3, -0.25) is 0 Å². The summed E-state index contributed by atoms with van der Waals surface area (Å²) >= 11 is 6.92. The monoisotopic (exact) mass is 467 g/mol. The van der Waals surface area contributed by atoms with Gasteiger partial charge in [0.25, 0.3) is 0 Å². The third-order valence-corrected chi connectivity index (χ3v) is 4.66. The molecule has 0 unspecified atom stereocenters. The van der Waals surface area contributed by atoms with Gasteiger partial charge < -0.3 is 9.57 Å². The van der Waals surface area contributed by atoms with Gasteiger partial charge in [0.1, 0.15) is 18.2 Å². The Balaban J connectivity index is 1.82. The Morgan fingerprint density at radius 2 is 1.96 bits per heavy atom. The lowest BCUT2D eigenvalue weighted by molar-refractivity contribution is -0.136. The van der Waals surface area contributed by atoms with E-state index >= 15 is 0 Å². The molecule has 1 aliphatic rings. The molecule has 1 heterocycles. The number of carbonyl (C=O) groups excluding carboxylic acids is 1. The fourth-order valence-electron chi connectivity index (χ4n) is 2.27. The van der Waals surface area contributed by atoms with Gasteiger partial charge in [-0.2, -0.15) is 0 Å². The van der Waals surface area contributed by atoms with Gasteiger partial charge in [-0.15, -0.1) is 0 Å². The zero-order chi connectivity index (χ0) is 18.0. The second kappa shape index (κ2) is 7.49. The maximum atomic E-state index is 13.2. The number of hydrogen-bond donors (Lipinski definition) is 0. The molecule has 7 heteroatoms. The Bertz CT molecular complexity index is 886. The highest BCUT2D eigenvalue weighted by atomic mass is 79.9. The third kappa shape index (κ3) is 4.16. The smallest absolute Gasteiger partial charge is 0.367 e. The Morgan fingerprint density at radius 1 is 1.24 bits per heavy atom. The minimum Gasteiger partial charge on any atom is -0.487 e. The minimum absolute atomic E-state index is 0.230. The van der Waals surface area contributed by atoms with Crippen molar-refractivity contribution in [3.63, 3.8) is 0 Å². The second-order valence-corrected chi connectivity index (χ2v) is 7.05. The van der Waals surface area contributed by atoms with E-state index in [-0.39, 0.29) is 12.4 Å². The van der Waals surface area contributed by atoms with Crippen molar-refractivity contribution in [2.24, 2.45) is 5.16 Å². The molecule has 2 aromatic rings. The van der Waals surface area contributed by atoms with Gasteiger partial charge >= 0.3 is 5.97 Å². The Hall–Kier alpha value is -1.99. The Kier molecular flexibility index (Phi) is 5.34. The van der Waals surface area contributed by atoms with Crippen molar-refractivity contribution in [1.29, 1.82) is 0 Å². The molecular weight excluding hydrogens is 457 g/mol. The van der Waals surface area contributed by atoms with Crippen molar-refractivity contribution >= 4 is 49.6 Å². The average molecular weight is 469 g/mol. The van der Waals surface area contributed by atoms with E-state index in [1.807, 2.05) is 12.1 Å². The van der Waals surface area contributed by atoms with Crippen molar-refractivity contribution < 1.29 is 18.8 Å². The summed E-state index contributed by atoms with van der Waals surface area (Å²) in [5.74, 6) is -0.191. The van der Waals surface area contributed by atoms with E-state index < -0.39 is 5.97 Å². The summed E-state index contributed by atoms with van der Waals surface area (Å²) in [5, 5.41) is 3.65. The number of oxime groups is 1. The van der Waals surface area contributed by atoms with Gasteiger partial charge in [-0.1, -0.05) is 17.3 Å². The van der Waals surface area contributed by atoms with Crippen LogP contribution in [0.2, 0.25) is 0 Å². The number of benzene rings is 2. The van der Waals surface area contributed by atoms with Crippen LogP contribution in [0, 0.1) is 5.82 Å². The van der Waals surface area contributed by atoms with Crippen molar-refractivity contribution in [2.45, 2.75) is 13.5 Å². The van der Waals surface area contributed by atoms with Crippen LogP contribution >= 0.6 is 31.9 Å². The molecule has 0 atom stereocenters. The molecule has 128 valence electrons. The predicted molar refractivity (Wildman–Crippen MR) is 99.8 cm³/mol. The largest absolute Gasteiger partial charge is 0.487 e. The Labute approximate surface area is 160 Å². The first-order chi connectivity index (χ1) is 11.9. The van der Waals surface area contributed by atoms with E-state index in [9.17, 15) is 9.18 Å². The summed E-state index contributed by atoms with van der Waals surface area (Å²) in [7, 11) is 0. The summed E-state index contributed by atoms with van der Waals surface area (Å²) < 4.78 is 20.4. The SMILES string of the molecule is CC1=NOC(=O)/C1=C\c1cc(Br)c(OCc2cccc(F)c2)c(Br)c1. The number of carbonyl (C=O) groups is 1. The lowest BCUT2D eigenvalue weighted by Gasteiger charge is -2.12. The molecule has 0 saturated carbocycles. The first-order valence-electron chi connectivity index (χ1n) is 7.28. The van der Waals surface area contributed by atoms with Gasteiger partial charge in [0.15, 0.2) is 0 Å². The number of ether oxygens (including phenoxy) is 1. The quantitative estimate of drug-likeness (QED) is 0.455. The molecule has 0 saturated heterocycles. The van der Waals surface area contributed by atoms with E-state index in [2.05, 4.69) is 41.9 Å². The van der Waals surface area contributed by atoms with E-state index in [4.69, 9.17) is 4.74 Å². The summed E-state index contributed by atoms with van der Waals surface area (Å²) in [4.78, 5) is 16.3. The first-order valence-corrected chi connectivity index (χ1v) is 8.87. The third-order valence-electron chi connectivity index (χ3n) is 3.48. The molecule has 2 aromatic carbocycles. The highest BCUT2D eigenvalue weighted by Gasteiger charge is 2.22. The molecule has 0 amide bonds. The summed E-state index contributed by atoms with van der Waals surface area (Å²) in [6, 6.07) is 9.87. The molecule has 0 fully saturated rings. The summed E-state index contributed by atoms with van der Waals surface area (Å²) in [6.45, 7) is 1.94. The summed E-state index contributed by atoms with van der Waals surface area (Å²) in [6.07, 6.45) is 1.69. The Morgan fingerprint density at radius 3 is 2.56 bits per heavy atom. The van der Waals surface area contributed by atoms with Crippen LogP contribution in [0.15, 0.2) is 56.1 Å². The van der Waals surface area contributed by atoms with Gasteiger partial charge in [-0.05, 0) is 80.3 Å². The number of rotatable bonds is 4. The van der Waals surface area contributed by atoms with Crippen LogP contribution in [0.5, 0.6) is 5.75 Å². The van der Waals surface area contributed by atoms with Crippen LogP contribution in [-0.4, -0.2) is 11.7 Å². The molecule has 4 nitrogen and oxygen atoms in total. The van der Waals surface area contributed by atoms with Crippen LogP contribution < -0.4 is 4.74 Å². The van der Waals surface area contributed by atoms with Gasteiger partial charge in [-0.25, -0.2) is 9.18 Å². The topological polar surface area (TPSA) is 47.9 Å². The first kappa shape index (κ1) is 17.8. The molecule has 25 heavy (non-hydrogen) atoms. The van der Waals surface area contributed by atoms with Crippen LogP contribution in [0.25, 0.3) is 6.08 Å². The number of halogens is 3. The highest BCUT2D eigenvalue weighted by molar-refractivity contribution is 9.11. The zero-order valence-corrected chi connectivity index (χ0v) is 16.2. The normalized spacial score (nSPS) is 15.3. The molecule has 0 aromatic heterocycles. The number of nitrogens with zero attached hydrogens (tertiary/aromatic N) is 1. The zero-order valence-electron chi connectivity index (χ0n) is 13.1. The summed E-state index contributed by atoms with van der Waals surface area (Å²) in [5.41, 5.74) is 2.45. The molecule has 3 rings (SSSR count). The van der Waals surface area contributed by atoms with Crippen LogP contribution in [0.3, 0.4) is 0 Å². The molecule has 0 bridgehead atoms. The maximum absolute atomic E-state index is 13.2. The lowest BCUT2D eigenvalue weighted by Crippen LogP contribution is -2.02. The number of hydrogen-bond acceptors (Lipinski definition) is 4. The van der Waals surface area contributed by atoms with Crippen LogP contribution in [0.1, 0.15) is 18.1 Å². The lowest BCUT2D eigenvalue weighted by atomic mass is 10.1. The predicted octanol–water partition coefficient (Wildman–Crippen LogP) is 5.25. The molecular formula is C18H12Br2FNO3. The minimum atomic E-state index is -0.476. The van der Waals surface area contributed by atoms with Crippen LogP contribution in [-0.2, 0) is 16.2 Å². The van der Waals surface area contributed by atoms with Gasteiger partial charge in [0.2, 0.25) is 0 Å². The van der Waals surface area contributed by atoms with E-state index in [0.29, 0.717) is 26.0 Å². The molecule has 0 radical (unpaired) electrons. The molecule has 0 spiro atoms. The van der Waals surface area contributed by atoms with Crippen molar-refractivity contribution in [3.8, 4) is 5.75 Å². The maximum Gasteiger partial charge on any atom is 0.367 e. The van der Waals surface area contributed by atoms with E-state index in [0.717, 1.165) is 11.1 Å². The molecule has 0 aliphatic carbocycles. The fraction of sp³-hybridized carbons (Fsp3) is 0.111. The average Bonchev–Trinajstić information content (AvgIpc) is 2.86. The standard InChI is InChI=1S/C18H12Br2FNO3/c1-10-14(18(23)25-22-10)6-12-7-15(19)17(16(20)8-12)24-9-11-3-2-4-13(21)5-11/h2-8H,9H2,1H3/b14-6-. The molecule has 0 N–H and O–H groups in total. The fourth-order valence-corrected chi connectivity index (χ4v) is 3.72. The van der Waals surface area contributed by atoms with Crippen molar-refractivity contribution in [2.75, 3.05) is 0 Å². The highest BCUT2D eigenvalue weighted by Crippen LogP contribution is 2.36. The van der Waals surface area contributed by atoms with Crippen LogP contribution in [0.4, 0.5) is 4.39 Å². The molecule has 1 aliphatic heterocycles. The van der Waals surface area contributed by atoms with E-state index in [1.165, 1.54) is 12.1 Å². The van der Waals surface area contributed by atoms with Gasteiger partial charge in [0.05, 0.1) is 20.2 Å². The van der Waals surface area contributed by atoms with Crippen molar-refractivity contribution in [3.05, 3.63) is 67.9 Å². The van der Waals surface area contributed by atoms with E-state index in [1.54, 1.807) is 25.1 Å². The van der Waals surface area contributed by atoms with Crippen molar-refractivity contribution in [1.82, 2.24) is 0 Å².